The van der Waals surface area contributed by atoms with Gasteiger partial charge in [-0.05, 0) is 23.8 Å². The van der Waals surface area contributed by atoms with Crippen molar-refractivity contribution in [2.45, 2.75) is 6.54 Å². The normalized spacial score (nSPS) is 10.2. The van der Waals surface area contributed by atoms with Gasteiger partial charge in [-0.25, -0.2) is 4.79 Å². The van der Waals surface area contributed by atoms with E-state index < -0.39 is 29.3 Å². The van der Waals surface area contributed by atoms with Crippen LogP contribution in [0, 0.1) is 10.1 Å². The monoisotopic (exact) mass is 352 g/mol. The van der Waals surface area contributed by atoms with Gasteiger partial charge in [-0.15, -0.1) is 0 Å². The molecule has 0 saturated carbocycles. The van der Waals surface area contributed by atoms with Crippen LogP contribution in [0.15, 0.2) is 40.8 Å². The Balaban J connectivity index is 1.85. The maximum absolute atomic E-state index is 11.9. The number of furan rings is 1. The molecule has 0 saturated heterocycles. The van der Waals surface area contributed by atoms with Crippen molar-refractivity contribution in [3.05, 3.63) is 62.9 Å². The standard InChI is InChI=1S/C15H13ClN2O6/c1-17(8-10-2-4-11(16)5-3-10)13(19)9-23-15(20)12-6-7-14(24-12)18(21)22/h2-7H,8-9H2,1H3. The van der Waals surface area contributed by atoms with Crippen LogP contribution in [0.3, 0.4) is 0 Å². The molecule has 1 aromatic carbocycles. The van der Waals surface area contributed by atoms with Gasteiger partial charge in [0.05, 0.1) is 6.07 Å². The first-order chi connectivity index (χ1) is 11.4. The molecule has 126 valence electrons. The summed E-state index contributed by atoms with van der Waals surface area (Å²) in [5, 5.41) is 11.1. The molecule has 8 nitrogen and oxygen atoms in total. The molecule has 0 aliphatic carbocycles. The summed E-state index contributed by atoms with van der Waals surface area (Å²) < 4.78 is 9.49. The van der Waals surface area contributed by atoms with E-state index in [1.54, 1.807) is 31.3 Å². The van der Waals surface area contributed by atoms with Gasteiger partial charge < -0.3 is 14.1 Å². The van der Waals surface area contributed by atoms with Crippen LogP contribution in [0.4, 0.5) is 5.88 Å². The summed E-state index contributed by atoms with van der Waals surface area (Å²) in [7, 11) is 1.56. The number of carbonyl (C=O) groups excluding carboxylic acids is 2. The molecular weight excluding hydrogens is 340 g/mol. The smallest absolute Gasteiger partial charge is 0.433 e. The van der Waals surface area contributed by atoms with Gasteiger partial charge in [0.1, 0.15) is 4.92 Å². The maximum atomic E-state index is 11.9. The molecule has 1 amide bonds. The lowest BCUT2D eigenvalue weighted by molar-refractivity contribution is -0.402. The fourth-order valence-corrected chi connectivity index (χ4v) is 1.92. The van der Waals surface area contributed by atoms with Crippen LogP contribution < -0.4 is 0 Å². The Morgan fingerprint density at radius 1 is 1.25 bits per heavy atom. The second-order valence-electron chi connectivity index (χ2n) is 4.85. The minimum absolute atomic E-state index is 0.319. The Morgan fingerprint density at radius 2 is 1.92 bits per heavy atom. The van der Waals surface area contributed by atoms with Crippen molar-refractivity contribution in [1.82, 2.24) is 4.90 Å². The predicted molar refractivity (Wildman–Crippen MR) is 83.6 cm³/mol. The summed E-state index contributed by atoms with van der Waals surface area (Å²) in [6, 6.07) is 9.12. The molecule has 0 atom stereocenters. The molecule has 0 bridgehead atoms. The minimum Gasteiger partial charge on any atom is -0.450 e. The number of halogens is 1. The first kappa shape index (κ1) is 17.5. The maximum Gasteiger partial charge on any atom is 0.433 e. The Morgan fingerprint density at radius 3 is 2.50 bits per heavy atom. The second kappa shape index (κ2) is 7.60. The molecule has 0 aliphatic heterocycles. The third kappa shape index (κ3) is 4.56. The van der Waals surface area contributed by atoms with Crippen molar-refractivity contribution in [2.75, 3.05) is 13.7 Å². The topological polar surface area (TPSA) is 103 Å². The highest BCUT2D eigenvalue weighted by molar-refractivity contribution is 6.30. The van der Waals surface area contributed by atoms with Crippen LogP contribution in [0.25, 0.3) is 0 Å². The molecule has 9 heteroatoms. The van der Waals surface area contributed by atoms with Crippen molar-refractivity contribution < 1.29 is 23.7 Å². The number of hydrogen-bond donors (Lipinski definition) is 0. The van der Waals surface area contributed by atoms with Crippen LogP contribution in [0.2, 0.25) is 5.02 Å². The summed E-state index contributed by atoms with van der Waals surface area (Å²) in [5.74, 6) is -2.29. The van der Waals surface area contributed by atoms with E-state index in [2.05, 4.69) is 0 Å². The average Bonchev–Trinajstić information content (AvgIpc) is 3.04. The average molecular weight is 353 g/mol. The number of rotatable bonds is 6. The van der Waals surface area contributed by atoms with Crippen LogP contribution in [-0.2, 0) is 16.1 Å². The minimum atomic E-state index is -0.948. The first-order valence-corrected chi connectivity index (χ1v) is 7.14. The lowest BCUT2D eigenvalue weighted by Gasteiger charge is -2.17. The quantitative estimate of drug-likeness (QED) is 0.450. The first-order valence-electron chi connectivity index (χ1n) is 6.76. The van der Waals surface area contributed by atoms with E-state index in [0.29, 0.717) is 11.6 Å². The van der Waals surface area contributed by atoms with Crippen LogP contribution in [0.1, 0.15) is 16.1 Å². The number of likely N-dealkylation sites (N-methyl/N-ethyl adjacent to an activating group) is 1. The highest BCUT2D eigenvalue weighted by Crippen LogP contribution is 2.16. The number of carbonyl (C=O) groups is 2. The SMILES string of the molecule is CN(Cc1ccc(Cl)cc1)C(=O)COC(=O)c1ccc([N+](=O)[O-])o1. The third-order valence-electron chi connectivity index (χ3n) is 3.06. The van der Waals surface area contributed by atoms with Gasteiger partial charge in [0.2, 0.25) is 5.76 Å². The number of benzene rings is 1. The van der Waals surface area contributed by atoms with Crippen molar-refractivity contribution in [2.24, 2.45) is 0 Å². The van der Waals surface area contributed by atoms with E-state index >= 15 is 0 Å². The van der Waals surface area contributed by atoms with Gasteiger partial charge in [-0.3, -0.25) is 14.9 Å². The summed E-state index contributed by atoms with van der Waals surface area (Å²) in [5.41, 5.74) is 0.864. The number of hydrogen-bond acceptors (Lipinski definition) is 6. The molecule has 2 rings (SSSR count). The molecule has 1 aromatic heterocycles. The lowest BCUT2D eigenvalue weighted by Crippen LogP contribution is -2.30. The largest absolute Gasteiger partial charge is 0.450 e. The molecule has 0 N–H and O–H groups in total. The number of esters is 1. The summed E-state index contributed by atoms with van der Waals surface area (Å²) in [6.07, 6.45) is 0. The van der Waals surface area contributed by atoms with E-state index in [1.165, 1.54) is 4.90 Å². The lowest BCUT2D eigenvalue weighted by atomic mass is 10.2. The zero-order valence-corrected chi connectivity index (χ0v) is 13.4. The number of nitrogens with zero attached hydrogens (tertiary/aromatic N) is 2. The van der Waals surface area contributed by atoms with Crippen molar-refractivity contribution in [1.29, 1.82) is 0 Å². The van der Waals surface area contributed by atoms with Crippen LogP contribution in [-0.4, -0.2) is 35.4 Å². The van der Waals surface area contributed by atoms with Crippen molar-refractivity contribution in [3.63, 3.8) is 0 Å². The molecular formula is C15H13ClN2O6. The fourth-order valence-electron chi connectivity index (χ4n) is 1.80. The molecule has 1 heterocycles. The van der Waals surface area contributed by atoms with Crippen molar-refractivity contribution >= 4 is 29.4 Å². The van der Waals surface area contributed by atoms with Crippen LogP contribution >= 0.6 is 11.6 Å². The molecule has 0 radical (unpaired) electrons. The molecule has 0 fully saturated rings. The number of nitro groups is 1. The van der Waals surface area contributed by atoms with Gasteiger partial charge >= 0.3 is 11.9 Å². The molecule has 24 heavy (non-hydrogen) atoms. The van der Waals surface area contributed by atoms with E-state index in [9.17, 15) is 19.7 Å². The number of ether oxygens (including phenoxy) is 1. The molecule has 0 unspecified atom stereocenters. The predicted octanol–water partition coefficient (Wildman–Crippen LogP) is 2.66. The highest BCUT2D eigenvalue weighted by atomic mass is 35.5. The Bertz CT molecular complexity index is 756. The van der Waals surface area contributed by atoms with Crippen molar-refractivity contribution in [3.8, 4) is 0 Å². The fraction of sp³-hybridized carbons (Fsp3) is 0.200. The summed E-state index contributed by atoms with van der Waals surface area (Å²) in [4.78, 5) is 34.7. The highest BCUT2D eigenvalue weighted by Gasteiger charge is 2.20. The van der Waals surface area contributed by atoms with Gasteiger partial charge in [-0.1, -0.05) is 23.7 Å². The van der Waals surface area contributed by atoms with E-state index in [4.69, 9.17) is 20.8 Å². The molecule has 2 aromatic rings. The van der Waals surface area contributed by atoms with E-state index in [1.807, 2.05) is 0 Å². The van der Waals surface area contributed by atoms with E-state index in [-0.39, 0.29) is 5.76 Å². The zero-order chi connectivity index (χ0) is 17.7. The zero-order valence-electron chi connectivity index (χ0n) is 12.6. The van der Waals surface area contributed by atoms with Gasteiger partial charge in [0, 0.05) is 18.6 Å². The Labute approximate surface area is 141 Å². The van der Waals surface area contributed by atoms with Crippen LogP contribution in [0.5, 0.6) is 0 Å². The second-order valence-corrected chi connectivity index (χ2v) is 5.28. The molecule has 0 spiro atoms. The third-order valence-corrected chi connectivity index (χ3v) is 3.31. The van der Waals surface area contributed by atoms with Gasteiger partial charge in [-0.2, -0.15) is 0 Å². The van der Waals surface area contributed by atoms with E-state index in [0.717, 1.165) is 17.7 Å². The summed E-state index contributed by atoms with van der Waals surface area (Å²) >= 11 is 5.79. The Kier molecular flexibility index (Phi) is 5.54. The molecule has 0 aliphatic rings. The number of amides is 1. The van der Waals surface area contributed by atoms with Gasteiger partial charge in [0.15, 0.2) is 6.61 Å². The van der Waals surface area contributed by atoms with Gasteiger partial charge in [0.25, 0.3) is 5.91 Å². The Hall–Kier alpha value is -2.87. The summed E-state index contributed by atoms with van der Waals surface area (Å²) in [6.45, 7) is -0.183.